The monoisotopic (exact) mass is 409 g/mol. The predicted molar refractivity (Wildman–Crippen MR) is 120 cm³/mol. The van der Waals surface area contributed by atoms with Gasteiger partial charge in [-0.15, -0.1) is 0 Å². The van der Waals surface area contributed by atoms with Crippen molar-refractivity contribution in [1.29, 1.82) is 0 Å². The van der Waals surface area contributed by atoms with E-state index in [0.29, 0.717) is 11.4 Å². The minimum absolute atomic E-state index is 0.151. The molecule has 1 aliphatic heterocycles. The Labute approximate surface area is 181 Å². The molecule has 2 aliphatic rings. The molecule has 0 saturated carbocycles. The van der Waals surface area contributed by atoms with Crippen LogP contribution < -0.4 is 9.64 Å². The molecule has 0 unspecified atom stereocenters. The van der Waals surface area contributed by atoms with E-state index in [4.69, 9.17) is 4.74 Å². The van der Waals surface area contributed by atoms with Crippen LogP contribution in [0.1, 0.15) is 23.0 Å². The Bertz CT molecular complexity index is 1070. The second-order valence-corrected chi connectivity index (χ2v) is 7.99. The summed E-state index contributed by atoms with van der Waals surface area (Å²) in [6.45, 7) is 0. The number of allylic oxidation sites excluding steroid dienone is 2. The fraction of sp³-hybridized carbons (Fsp3) is 0.185. The fourth-order valence-electron chi connectivity index (χ4n) is 4.99. The smallest absolute Gasteiger partial charge is 0.238 e. The molecule has 0 bridgehead atoms. The Morgan fingerprint density at radius 2 is 1.10 bits per heavy atom. The van der Waals surface area contributed by atoms with Crippen molar-refractivity contribution in [3.8, 4) is 5.75 Å². The van der Waals surface area contributed by atoms with Gasteiger partial charge in [-0.2, -0.15) is 0 Å². The van der Waals surface area contributed by atoms with E-state index in [1.165, 1.54) is 4.90 Å². The molecule has 3 aromatic rings. The van der Waals surface area contributed by atoms with Crippen molar-refractivity contribution in [1.82, 2.24) is 0 Å². The second kappa shape index (κ2) is 7.88. The summed E-state index contributed by atoms with van der Waals surface area (Å²) < 4.78 is 5.47. The normalized spacial score (nSPS) is 24.9. The number of hydrogen-bond donors (Lipinski definition) is 0. The van der Waals surface area contributed by atoms with Gasteiger partial charge in [0.05, 0.1) is 24.6 Å². The largest absolute Gasteiger partial charge is 0.495 e. The number of ether oxygens (including phenoxy) is 1. The highest BCUT2D eigenvalue weighted by atomic mass is 16.5. The molecule has 2 amide bonds. The number of anilines is 1. The zero-order valence-corrected chi connectivity index (χ0v) is 17.2. The Kier molecular flexibility index (Phi) is 4.91. The molecule has 0 aromatic heterocycles. The third-order valence-corrected chi connectivity index (χ3v) is 6.39. The number of nitrogens with zero attached hydrogens (tertiary/aromatic N) is 1. The maximum absolute atomic E-state index is 13.8. The van der Waals surface area contributed by atoms with Crippen molar-refractivity contribution in [3.05, 3.63) is 108 Å². The molecule has 31 heavy (non-hydrogen) atoms. The Morgan fingerprint density at radius 3 is 1.58 bits per heavy atom. The first-order valence-electron chi connectivity index (χ1n) is 10.5. The molecule has 1 fully saturated rings. The summed E-state index contributed by atoms with van der Waals surface area (Å²) >= 11 is 0. The van der Waals surface area contributed by atoms with Gasteiger partial charge >= 0.3 is 0 Å². The van der Waals surface area contributed by atoms with Crippen LogP contribution in [0.5, 0.6) is 5.75 Å². The number of hydrogen-bond acceptors (Lipinski definition) is 3. The lowest BCUT2D eigenvalue weighted by Crippen LogP contribution is -2.32. The summed E-state index contributed by atoms with van der Waals surface area (Å²) in [6, 6.07) is 27.1. The number of para-hydroxylation sites is 2. The van der Waals surface area contributed by atoms with E-state index in [1.54, 1.807) is 19.2 Å². The molecule has 0 spiro atoms. The molecule has 5 rings (SSSR count). The van der Waals surface area contributed by atoms with Gasteiger partial charge in [0.25, 0.3) is 0 Å². The zero-order valence-electron chi connectivity index (χ0n) is 17.2. The van der Waals surface area contributed by atoms with Crippen LogP contribution in [-0.4, -0.2) is 18.9 Å². The molecule has 0 radical (unpaired) electrons. The SMILES string of the molecule is COc1ccccc1N1C(=O)[C@@H]2[C@H](C1=O)[C@@H](c1ccccc1)C=C[C@@H]2c1ccccc1. The van der Waals surface area contributed by atoms with Crippen LogP contribution in [0.4, 0.5) is 5.69 Å². The van der Waals surface area contributed by atoms with Crippen LogP contribution in [0, 0.1) is 11.8 Å². The van der Waals surface area contributed by atoms with Gasteiger partial charge in [0.15, 0.2) is 0 Å². The van der Waals surface area contributed by atoms with Crippen molar-refractivity contribution >= 4 is 17.5 Å². The molecule has 1 saturated heterocycles. The van der Waals surface area contributed by atoms with Gasteiger partial charge in [-0.05, 0) is 23.3 Å². The van der Waals surface area contributed by atoms with Gasteiger partial charge in [-0.3, -0.25) is 9.59 Å². The maximum Gasteiger partial charge on any atom is 0.238 e. The molecule has 4 nitrogen and oxygen atoms in total. The lowest BCUT2D eigenvalue weighted by molar-refractivity contribution is -0.122. The molecule has 0 N–H and O–H groups in total. The first-order valence-corrected chi connectivity index (χ1v) is 10.5. The van der Waals surface area contributed by atoms with Crippen LogP contribution in [0.2, 0.25) is 0 Å². The molecular weight excluding hydrogens is 386 g/mol. The first-order chi connectivity index (χ1) is 15.2. The van der Waals surface area contributed by atoms with Crippen molar-refractivity contribution in [2.75, 3.05) is 12.0 Å². The molecule has 4 atom stereocenters. The number of amides is 2. The highest BCUT2D eigenvalue weighted by Gasteiger charge is 2.55. The summed E-state index contributed by atoms with van der Waals surface area (Å²) in [6.07, 6.45) is 4.20. The Morgan fingerprint density at radius 1 is 0.645 bits per heavy atom. The summed E-state index contributed by atoms with van der Waals surface area (Å²) in [7, 11) is 1.55. The van der Waals surface area contributed by atoms with E-state index in [2.05, 4.69) is 12.2 Å². The van der Waals surface area contributed by atoms with Gasteiger partial charge in [-0.1, -0.05) is 84.9 Å². The highest BCUT2D eigenvalue weighted by Crippen LogP contribution is 2.51. The molecular formula is C27H23NO3. The summed E-state index contributed by atoms with van der Waals surface area (Å²) in [4.78, 5) is 28.9. The Hall–Kier alpha value is -3.66. The van der Waals surface area contributed by atoms with E-state index in [0.717, 1.165) is 11.1 Å². The van der Waals surface area contributed by atoms with Crippen LogP contribution in [0.25, 0.3) is 0 Å². The van der Waals surface area contributed by atoms with Crippen molar-refractivity contribution in [2.24, 2.45) is 11.8 Å². The van der Waals surface area contributed by atoms with Gasteiger partial charge in [0, 0.05) is 11.8 Å². The standard InChI is InChI=1S/C27H23NO3/c1-31-23-15-9-8-14-22(23)28-26(29)24-20(18-10-4-2-5-11-18)16-17-21(25(24)27(28)30)19-12-6-3-7-13-19/h2-17,20-21,24-25H,1H3/t20-,21-,24-,25+/m1/s1. The summed E-state index contributed by atoms with van der Waals surface area (Å²) in [5, 5.41) is 0. The van der Waals surface area contributed by atoms with Gasteiger partial charge in [0.1, 0.15) is 5.75 Å². The van der Waals surface area contributed by atoms with E-state index >= 15 is 0 Å². The fourth-order valence-corrected chi connectivity index (χ4v) is 4.99. The molecule has 1 aliphatic carbocycles. The van der Waals surface area contributed by atoms with Crippen LogP contribution in [0.3, 0.4) is 0 Å². The van der Waals surface area contributed by atoms with Crippen LogP contribution in [0.15, 0.2) is 97.1 Å². The average molecular weight is 409 g/mol. The Balaban J connectivity index is 1.65. The van der Waals surface area contributed by atoms with Crippen LogP contribution >= 0.6 is 0 Å². The van der Waals surface area contributed by atoms with Crippen molar-refractivity contribution in [3.63, 3.8) is 0 Å². The second-order valence-electron chi connectivity index (χ2n) is 7.99. The highest BCUT2D eigenvalue weighted by molar-refractivity contribution is 6.23. The third kappa shape index (κ3) is 3.15. The number of carbonyl (C=O) groups excluding carboxylic acids is 2. The number of fused-ring (bicyclic) bond motifs is 1. The van der Waals surface area contributed by atoms with Crippen molar-refractivity contribution < 1.29 is 14.3 Å². The minimum Gasteiger partial charge on any atom is -0.495 e. The quantitative estimate of drug-likeness (QED) is 0.453. The molecule has 154 valence electrons. The molecule has 4 heteroatoms. The summed E-state index contributed by atoms with van der Waals surface area (Å²) in [5.74, 6) is -1.05. The van der Waals surface area contributed by atoms with Crippen molar-refractivity contribution in [2.45, 2.75) is 11.8 Å². The third-order valence-electron chi connectivity index (χ3n) is 6.39. The average Bonchev–Trinajstić information content (AvgIpc) is 3.10. The first kappa shape index (κ1) is 19.3. The molecule has 1 heterocycles. The summed E-state index contributed by atoms with van der Waals surface area (Å²) in [5.41, 5.74) is 2.60. The minimum atomic E-state index is -0.463. The van der Waals surface area contributed by atoms with Gasteiger partial charge in [0.2, 0.25) is 11.8 Å². The zero-order chi connectivity index (χ0) is 21.4. The number of benzene rings is 3. The maximum atomic E-state index is 13.8. The number of carbonyl (C=O) groups is 2. The van der Waals surface area contributed by atoms with Crippen LogP contribution in [-0.2, 0) is 9.59 Å². The predicted octanol–water partition coefficient (Wildman–Crippen LogP) is 4.94. The van der Waals surface area contributed by atoms with Gasteiger partial charge < -0.3 is 4.74 Å². The molecule has 3 aromatic carbocycles. The van der Waals surface area contributed by atoms with E-state index in [-0.39, 0.29) is 23.7 Å². The lowest BCUT2D eigenvalue weighted by Gasteiger charge is -2.32. The van der Waals surface area contributed by atoms with E-state index < -0.39 is 11.8 Å². The van der Waals surface area contributed by atoms with E-state index in [9.17, 15) is 9.59 Å². The lowest BCUT2D eigenvalue weighted by atomic mass is 9.68. The van der Waals surface area contributed by atoms with E-state index in [1.807, 2.05) is 72.8 Å². The number of imide groups is 1. The van der Waals surface area contributed by atoms with Gasteiger partial charge in [-0.25, -0.2) is 4.90 Å². The number of methoxy groups -OCH3 is 1. The topological polar surface area (TPSA) is 46.6 Å². The number of rotatable bonds is 4.